The molecule has 0 unspecified atom stereocenters. The van der Waals surface area contributed by atoms with E-state index in [1.165, 1.54) is 11.8 Å². The molecule has 0 aliphatic heterocycles. The number of hydrogen-bond donors (Lipinski definition) is 1. The average Bonchev–Trinajstić information content (AvgIpc) is 3.33. The molecule has 0 bridgehead atoms. The van der Waals surface area contributed by atoms with Gasteiger partial charge in [-0.1, -0.05) is 61.2 Å². The molecule has 1 aliphatic rings. The van der Waals surface area contributed by atoms with Crippen molar-refractivity contribution in [2.75, 3.05) is 12.9 Å². The molecule has 0 saturated heterocycles. The van der Waals surface area contributed by atoms with Gasteiger partial charge in [0.15, 0.2) is 0 Å². The highest BCUT2D eigenvalue weighted by Gasteiger charge is 2.30. The molecular weight excluding hydrogens is 491 g/mol. The predicted molar refractivity (Wildman–Crippen MR) is 141 cm³/mol. The molecule has 3 rings (SSSR count). The topological polar surface area (TPSA) is 58.6 Å². The Hall–Kier alpha value is -1.89. The third-order valence-electron chi connectivity index (χ3n) is 6.10. The molecule has 184 valence electrons. The summed E-state index contributed by atoms with van der Waals surface area (Å²) >= 11 is 13.7. The molecule has 1 fully saturated rings. The number of thioether (sulfide) groups is 1. The Morgan fingerprint density at radius 2 is 1.85 bits per heavy atom. The maximum absolute atomic E-state index is 13.4. The average molecular weight is 524 g/mol. The van der Waals surface area contributed by atoms with Crippen LogP contribution in [0.4, 0.5) is 0 Å². The van der Waals surface area contributed by atoms with Crippen LogP contribution in [0.3, 0.4) is 0 Å². The lowest BCUT2D eigenvalue weighted by Crippen LogP contribution is -2.51. The predicted octanol–water partition coefficient (Wildman–Crippen LogP) is 6.10. The van der Waals surface area contributed by atoms with Gasteiger partial charge in [-0.25, -0.2) is 0 Å². The van der Waals surface area contributed by atoms with E-state index in [4.69, 9.17) is 27.9 Å². The minimum atomic E-state index is -0.519. The van der Waals surface area contributed by atoms with E-state index in [2.05, 4.69) is 5.32 Å². The third-order valence-corrected chi connectivity index (χ3v) is 7.65. The van der Waals surface area contributed by atoms with Crippen molar-refractivity contribution < 1.29 is 14.3 Å². The number of carbonyl (C=O) groups is 2. The zero-order valence-corrected chi connectivity index (χ0v) is 22.0. The van der Waals surface area contributed by atoms with Gasteiger partial charge in [0, 0.05) is 28.4 Å². The highest BCUT2D eigenvalue weighted by molar-refractivity contribution is 7.99. The molecule has 5 nitrogen and oxygen atoms in total. The summed E-state index contributed by atoms with van der Waals surface area (Å²) in [5.74, 6) is 1.45. The maximum Gasteiger partial charge on any atom is 0.243 e. The van der Waals surface area contributed by atoms with Gasteiger partial charge in [-0.3, -0.25) is 9.59 Å². The monoisotopic (exact) mass is 522 g/mol. The third kappa shape index (κ3) is 7.56. The van der Waals surface area contributed by atoms with Gasteiger partial charge in [-0.2, -0.15) is 0 Å². The number of halogens is 2. The second-order valence-corrected chi connectivity index (χ2v) is 10.3. The van der Waals surface area contributed by atoms with Crippen molar-refractivity contribution in [3.63, 3.8) is 0 Å². The van der Waals surface area contributed by atoms with Crippen molar-refractivity contribution in [1.29, 1.82) is 0 Å². The van der Waals surface area contributed by atoms with Crippen LogP contribution in [0.1, 0.15) is 50.2 Å². The second kappa shape index (κ2) is 13.3. The van der Waals surface area contributed by atoms with E-state index in [0.29, 0.717) is 28.8 Å². The number of amides is 2. The van der Waals surface area contributed by atoms with Crippen LogP contribution in [0.25, 0.3) is 0 Å². The number of rotatable bonds is 11. The Labute approximate surface area is 216 Å². The molecule has 1 atom stereocenters. The summed E-state index contributed by atoms with van der Waals surface area (Å²) in [6.45, 7) is 2.31. The summed E-state index contributed by atoms with van der Waals surface area (Å²) < 4.78 is 5.25. The van der Waals surface area contributed by atoms with E-state index in [1.54, 1.807) is 24.1 Å². The molecule has 2 amide bonds. The van der Waals surface area contributed by atoms with Gasteiger partial charge in [-0.05, 0) is 54.7 Å². The fraction of sp³-hybridized carbons (Fsp3) is 0.462. The SMILES string of the molecule is CC[C@H](C(=O)NC1CCCC1)N(Cc1ccc(OC)cc1)C(=O)CSCc1ccc(Cl)cc1Cl. The Morgan fingerprint density at radius 1 is 1.15 bits per heavy atom. The molecule has 1 saturated carbocycles. The summed E-state index contributed by atoms with van der Waals surface area (Å²) in [6.07, 6.45) is 4.84. The minimum Gasteiger partial charge on any atom is -0.497 e. The van der Waals surface area contributed by atoms with Crippen molar-refractivity contribution >= 4 is 46.8 Å². The molecule has 2 aromatic carbocycles. The van der Waals surface area contributed by atoms with Crippen LogP contribution >= 0.6 is 35.0 Å². The quantitative estimate of drug-likeness (QED) is 0.387. The van der Waals surface area contributed by atoms with Crippen LogP contribution in [-0.2, 0) is 21.9 Å². The van der Waals surface area contributed by atoms with Crippen molar-refractivity contribution in [2.45, 2.75) is 63.4 Å². The minimum absolute atomic E-state index is 0.0676. The van der Waals surface area contributed by atoms with E-state index in [1.807, 2.05) is 37.3 Å². The smallest absolute Gasteiger partial charge is 0.243 e. The van der Waals surface area contributed by atoms with Crippen molar-refractivity contribution in [1.82, 2.24) is 10.2 Å². The molecule has 34 heavy (non-hydrogen) atoms. The molecule has 0 spiro atoms. The molecule has 1 N–H and O–H groups in total. The maximum atomic E-state index is 13.4. The molecule has 8 heteroatoms. The zero-order valence-electron chi connectivity index (χ0n) is 19.7. The number of nitrogens with one attached hydrogen (secondary N) is 1. The standard InChI is InChI=1S/C26H32Cl2N2O3S/c1-3-24(26(32)29-21-6-4-5-7-21)30(15-18-8-12-22(33-2)13-9-18)25(31)17-34-16-19-10-11-20(27)14-23(19)28/h8-14,21,24H,3-7,15-17H2,1-2H3,(H,29,32)/t24-/m1/s1. The van der Waals surface area contributed by atoms with Crippen LogP contribution in [0.5, 0.6) is 5.75 Å². The van der Waals surface area contributed by atoms with Crippen LogP contribution in [-0.4, -0.2) is 41.7 Å². The number of benzene rings is 2. The number of ether oxygens (including phenoxy) is 1. The highest BCUT2D eigenvalue weighted by Crippen LogP contribution is 2.26. The van der Waals surface area contributed by atoms with Crippen LogP contribution in [0, 0.1) is 0 Å². The van der Waals surface area contributed by atoms with Gasteiger partial charge in [-0.15, -0.1) is 11.8 Å². The Bertz CT molecular complexity index is 965. The zero-order chi connectivity index (χ0) is 24.5. The molecule has 0 heterocycles. The first-order valence-electron chi connectivity index (χ1n) is 11.7. The Kier molecular flexibility index (Phi) is 10.4. The first kappa shape index (κ1) is 26.7. The van der Waals surface area contributed by atoms with Gasteiger partial charge in [0.1, 0.15) is 11.8 Å². The normalized spacial score (nSPS) is 14.6. The van der Waals surface area contributed by atoms with Crippen LogP contribution < -0.4 is 10.1 Å². The number of hydrogen-bond acceptors (Lipinski definition) is 4. The van der Waals surface area contributed by atoms with E-state index in [-0.39, 0.29) is 23.6 Å². The second-order valence-electron chi connectivity index (χ2n) is 8.51. The molecule has 0 aromatic heterocycles. The first-order chi connectivity index (χ1) is 16.4. The fourth-order valence-electron chi connectivity index (χ4n) is 4.18. The van der Waals surface area contributed by atoms with E-state index >= 15 is 0 Å². The van der Waals surface area contributed by atoms with Crippen LogP contribution in [0.2, 0.25) is 10.0 Å². The molecule has 0 radical (unpaired) electrons. The van der Waals surface area contributed by atoms with E-state index < -0.39 is 6.04 Å². The lowest BCUT2D eigenvalue weighted by molar-refractivity contribution is -0.139. The number of carbonyl (C=O) groups excluding carboxylic acids is 2. The van der Waals surface area contributed by atoms with Crippen LogP contribution in [0.15, 0.2) is 42.5 Å². The fourth-order valence-corrected chi connectivity index (χ4v) is 5.65. The van der Waals surface area contributed by atoms with Gasteiger partial charge < -0.3 is 15.0 Å². The van der Waals surface area contributed by atoms with Gasteiger partial charge in [0.05, 0.1) is 12.9 Å². The van der Waals surface area contributed by atoms with E-state index in [9.17, 15) is 9.59 Å². The summed E-state index contributed by atoms with van der Waals surface area (Å²) in [5, 5.41) is 4.35. The number of nitrogens with zero attached hydrogens (tertiary/aromatic N) is 1. The van der Waals surface area contributed by atoms with Gasteiger partial charge >= 0.3 is 0 Å². The molecule has 1 aliphatic carbocycles. The first-order valence-corrected chi connectivity index (χ1v) is 13.6. The largest absolute Gasteiger partial charge is 0.497 e. The highest BCUT2D eigenvalue weighted by atomic mass is 35.5. The summed E-state index contributed by atoms with van der Waals surface area (Å²) in [6, 6.07) is 12.7. The van der Waals surface area contributed by atoms with Crippen molar-refractivity contribution in [3.05, 3.63) is 63.6 Å². The molecule has 2 aromatic rings. The Balaban J connectivity index is 1.71. The van der Waals surface area contributed by atoms with Crippen molar-refractivity contribution in [3.8, 4) is 5.75 Å². The lowest BCUT2D eigenvalue weighted by Gasteiger charge is -2.31. The molecular formula is C26H32Cl2N2O3S. The van der Waals surface area contributed by atoms with E-state index in [0.717, 1.165) is 42.6 Å². The summed E-state index contributed by atoms with van der Waals surface area (Å²) in [4.78, 5) is 28.3. The summed E-state index contributed by atoms with van der Waals surface area (Å²) in [7, 11) is 1.62. The Morgan fingerprint density at radius 3 is 2.47 bits per heavy atom. The lowest BCUT2D eigenvalue weighted by atomic mass is 10.1. The van der Waals surface area contributed by atoms with Gasteiger partial charge in [0.2, 0.25) is 11.8 Å². The van der Waals surface area contributed by atoms with Gasteiger partial charge in [0.25, 0.3) is 0 Å². The van der Waals surface area contributed by atoms with Crippen molar-refractivity contribution in [2.24, 2.45) is 0 Å². The summed E-state index contributed by atoms with van der Waals surface area (Å²) in [5.41, 5.74) is 1.88. The number of methoxy groups -OCH3 is 1.